The molecule has 8 nitrogen and oxygen atoms in total. The first-order valence-corrected chi connectivity index (χ1v) is 5.35. The maximum atomic E-state index is 9.91. The minimum Gasteiger partial charge on any atom is -0.394 e. The van der Waals surface area contributed by atoms with E-state index in [0.717, 1.165) is 5.69 Å². The molecule has 1 aromatic rings. The Kier molecular flexibility index (Phi) is 2.60. The van der Waals surface area contributed by atoms with Crippen LogP contribution in [0.2, 0.25) is 0 Å². The van der Waals surface area contributed by atoms with Gasteiger partial charge in [0.05, 0.1) is 25.1 Å². The summed E-state index contributed by atoms with van der Waals surface area (Å²) in [7, 11) is 0. The lowest BCUT2D eigenvalue weighted by molar-refractivity contribution is -0.278. The Labute approximate surface area is 96.4 Å². The fourth-order valence-electron chi connectivity index (χ4n) is 2.21. The van der Waals surface area contributed by atoms with Crippen LogP contribution in [-0.4, -0.2) is 61.3 Å². The number of ether oxygens (including phenoxy) is 2. The van der Waals surface area contributed by atoms with Gasteiger partial charge in [-0.1, -0.05) is 5.21 Å². The van der Waals surface area contributed by atoms with Crippen LogP contribution in [0.15, 0.2) is 6.20 Å². The number of hydrogen-bond acceptors (Lipinski definition) is 7. The van der Waals surface area contributed by atoms with Crippen molar-refractivity contribution in [3.63, 3.8) is 0 Å². The average molecular weight is 243 g/mol. The maximum absolute atomic E-state index is 9.91. The molecule has 3 N–H and O–H groups in total. The molecule has 0 radical (unpaired) electrons. The molecule has 8 heteroatoms. The van der Waals surface area contributed by atoms with Crippen molar-refractivity contribution >= 4 is 0 Å². The molecule has 1 fully saturated rings. The minimum absolute atomic E-state index is 0.255. The second-order valence-electron chi connectivity index (χ2n) is 4.17. The normalized spacial score (nSPS) is 40.8. The van der Waals surface area contributed by atoms with Crippen molar-refractivity contribution in [3.8, 4) is 0 Å². The Hall–Kier alpha value is -1.06. The summed E-state index contributed by atoms with van der Waals surface area (Å²) in [6, 6.07) is 0. The predicted molar refractivity (Wildman–Crippen MR) is 51.6 cm³/mol. The molecule has 0 bridgehead atoms. The van der Waals surface area contributed by atoms with E-state index >= 15 is 0 Å². The van der Waals surface area contributed by atoms with E-state index in [1.165, 1.54) is 4.68 Å². The average Bonchev–Trinajstić information content (AvgIpc) is 2.81. The van der Waals surface area contributed by atoms with Gasteiger partial charge in [0.1, 0.15) is 24.4 Å². The number of rotatable bonds is 1. The van der Waals surface area contributed by atoms with Crippen molar-refractivity contribution in [2.75, 3.05) is 6.61 Å². The highest BCUT2D eigenvalue weighted by molar-refractivity contribution is 5.01. The lowest BCUT2D eigenvalue weighted by Gasteiger charge is -2.44. The summed E-state index contributed by atoms with van der Waals surface area (Å²) in [6.45, 7) is -0.128. The summed E-state index contributed by atoms with van der Waals surface area (Å²) in [5, 5.41) is 36.3. The molecule has 0 aromatic carbocycles. The van der Waals surface area contributed by atoms with Gasteiger partial charge in [-0.2, -0.15) is 0 Å². The molecule has 5 atom stereocenters. The molecular formula is C9H13N3O5. The lowest BCUT2D eigenvalue weighted by Crippen LogP contribution is -2.58. The van der Waals surface area contributed by atoms with E-state index in [2.05, 4.69) is 10.3 Å². The van der Waals surface area contributed by atoms with Gasteiger partial charge in [0.2, 0.25) is 0 Å². The Morgan fingerprint density at radius 3 is 3.00 bits per heavy atom. The molecule has 0 spiro atoms. The smallest absolute Gasteiger partial charge is 0.181 e. The van der Waals surface area contributed by atoms with Crippen LogP contribution in [0.4, 0.5) is 0 Å². The van der Waals surface area contributed by atoms with Gasteiger partial charge in [-0.3, -0.25) is 0 Å². The summed E-state index contributed by atoms with van der Waals surface area (Å²) in [5.41, 5.74) is 0.728. The van der Waals surface area contributed by atoms with Crippen LogP contribution in [0.1, 0.15) is 11.9 Å². The van der Waals surface area contributed by atoms with Gasteiger partial charge < -0.3 is 24.8 Å². The van der Waals surface area contributed by atoms with E-state index in [0.29, 0.717) is 0 Å². The zero-order valence-corrected chi connectivity index (χ0v) is 8.88. The van der Waals surface area contributed by atoms with Crippen molar-refractivity contribution in [3.05, 3.63) is 11.9 Å². The molecule has 1 saturated heterocycles. The van der Waals surface area contributed by atoms with E-state index in [9.17, 15) is 10.2 Å². The number of fused-ring (bicyclic) bond motifs is 3. The molecule has 2 aliphatic heterocycles. The second kappa shape index (κ2) is 4.00. The highest BCUT2D eigenvalue weighted by Gasteiger charge is 2.48. The van der Waals surface area contributed by atoms with Crippen LogP contribution in [0.25, 0.3) is 0 Å². The lowest BCUT2D eigenvalue weighted by atomic mass is 9.97. The summed E-state index contributed by atoms with van der Waals surface area (Å²) in [4.78, 5) is 0. The van der Waals surface area contributed by atoms with Crippen LogP contribution in [0.5, 0.6) is 0 Å². The van der Waals surface area contributed by atoms with Crippen molar-refractivity contribution in [2.45, 2.75) is 37.3 Å². The minimum atomic E-state index is -1.17. The Morgan fingerprint density at radius 1 is 1.41 bits per heavy atom. The quantitative estimate of drug-likeness (QED) is 0.513. The highest BCUT2D eigenvalue weighted by Crippen LogP contribution is 2.34. The van der Waals surface area contributed by atoms with E-state index in [1.54, 1.807) is 6.20 Å². The van der Waals surface area contributed by atoms with E-state index in [4.69, 9.17) is 14.6 Å². The van der Waals surface area contributed by atoms with Gasteiger partial charge >= 0.3 is 0 Å². The Bertz CT molecular complexity index is 411. The van der Waals surface area contributed by atoms with Gasteiger partial charge in [0.15, 0.2) is 6.23 Å². The molecule has 1 aromatic heterocycles. The molecule has 94 valence electrons. The standard InChI is InChI=1S/C9H13N3O5/c13-2-5-6(14)7(15)8-9(17-5)12-4(3-16-8)1-10-11-12/h1,5-9,13-15H,2-3H2. The van der Waals surface area contributed by atoms with Gasteiger partial charge in [-0.05, 0) is 0 Å². The fourth-order valence-corrected chi connectivity index (χ4v) is 2.21. The third kappa shape index (κ3) is 1.57. The molecule has 3 rings (SSSR count). The van der Waals surface area contributed by atoms with Gasteiger partial charge in [-0.15, -0.1) is 5.10 Å². The first kappa shape index (κ1) is 11.1. The van der Waals surface area contributed by atoms with Crippen LogP contribution in [0, 0.1) is 0 Å². The third-order valence-electron chi connectivity index (χ3n) is 3.16. The summed E-state index contributed by atoms with van der Waals surface area (Å²) in [6.07, 6.45) is -2.98. The molecule has 0 saturated carbocycles. The summed E-state index contributed by atoms with van der Waals surface area (Å²) >= 11 is 0. The number of hydrogen-bond donors (Lipinski definition) is 3. The van der Waals surface area contributed by atoms with Crippen LogP contribution in [-0.2, 0) is 16.1 Å². The van der Waals surface area contributed by atoms with Gasteiger partial charge in [0.25, 0.3) is 0 Å². The molecule has 2 aliphatic rings. The molecular weight excluding hydrogens is 230 g/mol. The van der Waals surface area contributed by atoms with Crippen LogP contribution < -0.4 is 0 Å². The Balaban J connectivity index is 1.93. The van der Waals surface area contributed by atoms with Crippen molar-refractivity contribution in [1.82, 2.24) is 15.0 Å². The fraction of sp³-hybridized carbons (Fsp3) is 0.778. The van der Waals surface area contributed by atoms with Gasteiger partial charge in [-0.25, -0.2) is 4.68 Å². The van der Waals surface area contributed by atoms with Crippen molar-refractivity contribution in [2.24, 2.45) is 0 Å². The van der Waals surface area contributed by atoms with Gasteiger partial charge in [0, 0.05) is 0 Å². The maximum Gasteiger partial charge on any atom is 0.181 e. The molecule has 0 amide bonds. The summed E-state index contributed by atoms with van der Waals surface area (Å²) in [5.74, 6) is 0. The second-order valence-corrected chi connectivity index (χ2v) is 4.17. The highest BCUT2D eigenvalue weighted by atomic mass is 16.6. The summed E-state index contributed by atoms with van der Waals surface area (Å²) < 4.78 is 12.4. The van der Waals surface area contributed by atoms with E-state index in [1.807, 2.05) is 0 Å². The monoisotopic (exact) mass is 243 g/mol. The zero-order chi connectivity index (χ0) is 12.0. The van der Waals surface area contributed by atoms with Crippen LogP contribution >= 0.6 is 0 Å². The first-order valence-electron chi connectivity index (χ1n) is 5.35. The number of nitrogens with zero attached hydrogens (tertiary/aromatic N) is 3. The first-order chi connectivity index (χ1) is 8.22. The zero-order valence-electron chi connectivity index (χ0n) is 8.88. The molecule has 5 unspecified atom stereocenters. The third-order valence-corrected chi connectivity index (χ3v) is 3.16. The molecule has 0 aliphatic carbocycles. The van der Waals surface area contributed by atoms with E-state index in [-0.39, 0.29) is 13.2 Å². The molecule has 17 heavy (non-hydrogen) atoms. The predicted octanol–water partition coefficient (Wildman–Crippen LogP) is -2.21. The van der Waals surface area contributed by atoms with Crippen molar-refractivity contribution < 1.29 is 24.8 Å². The largest absolute Gasteiger partial charge is 0.394 e. The topological polar surface area (TPSA) is 110 Å². The number of aliphatic hydroxyl groups excluding tert-OH is 3. The van der Waals surface area contributed by atoms with E-state index < -0.39 is 30.6 Å². The SMILES string of the molecule is OCC1OC2C(OCc3cnnn32)C(O)C1O. The Morgan fingerprint density at radius 2 is 2.24 bits per heavy atom. The molecule has 3 heterocycles. The number of aromatic nitrogens is 3. The number of aliphatic hydroxyl groups is 3. The van der Waals surface area contributed by atoms with Crippen molar-refractivity contribution in [1.29, 1.82) is 0 Å². The van der Waals surface area contributed by atoms with Crippen LogP contribution in [0.3, 0.4) is 0 Å².